The van der Waals surface area contributed by atoms with Crippen molar-refractivity contribution in [1.29, 1.82) is 0 Å². The van der Waals surface area contributed by atoms with Crippen LogP contribution in [0, 0.1) is 5.41 Å². The maximum atomic E-state index is 5.56. The molecular formula is C16H24N2O. The van der Waals surface area contributed by atoms with Crippen LogP contribution in [-0.2, 0) is 11.2 Å². The number of nitrogens with one attached hydrogen (secondary N) is 1. The molecule has 2 aliphatic heterocycles. The molecule has 2 aliphatic rings. The predicted molar refractivity (Wildman–Crippen MR) is 78.8 cm³/mol. The smallest absolute Gasteiger partial charge is 0.0472 e. The first-order valence-corrected chi connectivity index (χ1v) is 7.38. The number of hydrogen-bond donors (Lipinski definition) is 1. The Morgan fingerprint density at radius 1 is 1.26 bits per heavy atom. The number of benzene rings is 1. The summed E-state index contributed by atoms with van der Waals surface area (Å²) in [6, 6.07) is 8.85. The summed E-state index contributed by atoms with van der Waals surface area (Å²) in [5.41, 5.74) is 3.34. The minimum atomic E-state index is 0.379. The summed E-state index contributed by atoms with van der Waals surface area (Å²) in [6.45, 7) is 5.25. The lowest BCUT2D eigenvalue weighted by Gasteiger charge is -2.40. The van der Waals surface area contributed by atoms with Crippen molar-refractivity contribution < 1.29 is 4.74 Å². The SMILES string of the molecule is CNCC1(CN2CCc3ccccc32)CCOCC1. The highest BCUT2D eigenvalue weighted by Gasteiger charge is 2.35. The molecule has 0 bridgehead atoms. The molecule has 3 heteroatoms. The molecule has 0 aliphatic carbocycles. The quantitative estimate of drug-likeness (QED) is 0.897. The lowest BCUT2D eigenvalue weighted by atomic mass is 9.79. The maximum Gasteiger partial charge on any atom is 0.0472 e. The van der Waals surface area contributed by atoms with E-state index in [2.05, 4.69) is 41.5 Å². The molecule has 1 N–H and O–H groups in total. The van der Waals surface area contributed by atoms with Crippen molar-refractivity contribution in [3.63, 3.8) is 0 Å². The van der Waals surface area contributed by atoms with Crippen LogP contribution in [0.1, 0.15) is 18.4 Å². The van der Waals surface area contributed by atoms with Gasteiger partial charge in [-0.15, -0.1) is 0 Å². The van der Waals surface area contributed by atoms with Crippen LogP contribution in [0.3, 0.4) is 0 Å². The van der Waals surface area contributed by atoms with Crippen molar-refractivity contribution >= 4 is 5.69 Å². The molecule has 1 aromatic rings. The number of nitrogens with zero attached hydrogens (tertiary/aromatic N) is 1. The van der Waals surface area contributed by atoms with Gasteiger partial charge in [-0.3, -0.25) is 0 Å². The molecule has 1 fully saturated rings. The molecule has 0 radical (unpaired) electrons. The Morgan fingerprint density at radius 2 is 2.05 bits per heavy atom. The maximum absolute atomic E-state index is 5.56. The van der Waals surface area contributed by atoms with Crippen molar-refractivity contribution in [3.05, 3.63) is 29.8 Å². The fourth-order valence-electron chi connectivity index (χ4n) is 3.55. The van der Waals surface area contributed by atoms with Gasteiger partial charge >= 0.3 is 0 Å². The number of rotatable bonds is 4. The largest absolute Gasteiger partial charge is 0.381 e. The average molecular weight is 260 g/mol. The van der Waals surface area contributed by atoms with E-state index in [1.54, 1.807) is 0 Å². The Morgan fingerprint density at radius 3 is 2.84 bits per heavy atom. The molecule has 0 aromatic heterocycles. The van der Waals surface area contributed by atoms with Gasteiger partial charge in [-0.1, -0.05) is 18.2 Å². The Kier molecular flexibility index (Phi) is 3.76. The zero-order valence-corrected chi connectivity index (χ0v) is 11.8. The number of para-hydroxylation sites is 1. The van der Waals surface area contributed by atoms with Crippen LogP contribution in [0.2, 0.25) is 0 Å². The van der Waals surface area contributed by atoms with Gasteiger partial charge in [0.15, 0.2) is 0 Å². The summed E-state index contributed by atoms with van der Waals surface area (Å²) in [6.07, 6.45) is 3.54. The van der Waals surface area contributed by atoms with Gasteiger partial charge in [0.2, 0.25) is 0 Å². The number of anilines is 1. The van der Waals surface area contributed by atoms with E-state index in [-0.39, 0.29) is 0 Å². The van der Waals surface area contributed by atoms with Crippen LogP contribution in [0.4, 0.5) is 5.69 Å². The summed E-state index contributed by atoms with van der Waals surface area (Å²) in [5.74, 6) is 0. The summed E-state index contributed by atoms with van der Waals surface area (Å²) >= 11 is 0. The van der Waals surface area contributed by atoms with Crippen LogP contribution in [0.15, 0.2) is 24.3 Å². The first kappa shape index (κ1) is 12.9. The first-order chi connectivity index (χ1) is 9.33. The molecule has 1 aromatic carbocycles. The minimum absolute atomic E-state index is 0.379. The predicted octanol–water partition coefficient (Wildman–Crippen LogP) is 2.07. The van der Waals surface area contributed by atoms with Gasteiger partial charge in [0, 0.05) is 44.0 Å². The summed E-state index contributed by atoms with van der Waals surface area (Å²) in [7, 11) is 2.06. The second kappa shape index (κ2) is 5.51. The summed E-state index contributed by atoms with van der Waals surface area (Å²) < 4.78 is 5.56. The van der Waals surface area contributed by atoms with E-state index in [0.29, 0.717) is 5.41 Å². The van der Waals surface area contributed by atoms with E-state index >= 15 is 0 Å². The van der Waals surface area contributed by atoms with E-state index in [4.69, 9.17) is 4.74 Å². The lowest BCUT2D eigenvalue weighted by Crippen LogP contribution is -2.46. The topological polar surface area (TPSA) is 24.5 Å². The van der Waals surface area contributed by atoms with E-state index < -0.39 is 0 Å². The van der Waals surface area contributed by atoms with Crippen molar-refractivity contribution in [2.45, 2.75) is 19.3 Å². The van der Waals surface area contributed by atoms with Crippen molar-refractivity contribution in [2.24, 2.45) is 5.41 Å². The highest BCUT2D eigenvalue weighted by Crippen LogP contribution is 2.35. The Balaban J connectivity index is 1.76. The van der Waals surface area contributed by atoms with Crippen LogP contribution in [0.25, 0.3) is 0 Å². The Bertz CT molecular complexity index is 421. The molecule has 0 amide bonds. The fourth-order valence-corrected chi connectivity index (χ4v) is 3.55. The second-order valence-electron chi connectivity index (χ2n) is 5.94. The number of fused-ring (bicyclic) bond motifs is 1. The van der Waals surface area contributed by atoms with Crippen LogP contribution in [0.5, 0.6) is 0 Å². The monoisotopic (exact) mass is 260 g/mol. The van der Waals surface area contributed by atoms with Gasteiger partial charge in [-0.2, -0.15) is 0 Å². The van der Waals surface area contributed by atoms with Crippen molar-refractivity contribution in [2.75, 3.05) is 44.8 Å². The normalized spacial score (nSPS) is 21.4. The van der Waals surface area contributed by atoms with Gasteiger partial charge in [-0.25, -0.2) is 0 Å². The van der Waals surface area contributed by atoms with Gasteiger partial charge in [-0.05, 0) is 37.9 Å². The molecule has 104 valence electrons. The van der Waals surface area contributed by atoms with Crippen LogP contribution in [-0.4, -0.2) is 39.9 Å². The number of ether oxygens (including phenoxy) is 1. The third-order valence-corrected chi connectivity index (χ3v) is 4.61. The molecule has 1 saturated heterocycles. The van der Waals surface area contributed by atoms with Gasteiger partial charge < -0.3 is 15.0 Å². The number of hydrogen-bond acceptors (Lipinski definition) is 3. The lowest BCUT2D eigenvalue weighted by molar-refractivity contribution is 0.0194. The molecule has 3 nitrogen and oxygen atoms in total. The van der Waals surface area contributed by atoms with E-state index in [0.717, 1.165) is 26.3 Å². The highest BCUT2D eigenvalue weighted by molar-refractivity contribution is 5.58. The molecule has 0 spiro atoms. The highest BCUT2D eigenvalue weighted by atomic mass is 16.5. The molecular weight excluding hydrogens is 236 g/mol. The van der Waals surface area contributed by atoms with Gasteiger partial charge in [0.05, 0.1) is 0 Å². The molecule has 0 unspecified atom stereocenters. The van der Waals surface area contributed by atoms with E-state index in [9.17, 15) is 0 Å². The fraction of sp³-hybridized carbons (Fsp3) is 0.625. The summed E-state index contributed by atoms with van der Waals surface area (Å²) in [5, 5.41) is 3.39. The third-order valence-electron chi connectivity index (χ3n) is 4.61. The van der Waals surface area contributed by atoms with Crippen molar-refractivity contribution in [3.8, 4) is 0 Å². The molecule has 3 rings (SSSR count). The van der Waals surface area contributed by atoms with E-state index in [1.807, 2.05) is 0 Å². The molecule has 0 atom stereocenters. The van der Waals surface area contributed by atoms with E-state index in [1.165, 1.54) is 37.1 Å². The Hall–Kier alpha value is -1.06. The van der Waals surface area contributed by atoms with Crippen molar-refractivity contribution in [1.82, 2.24) is 5.32 Å². The average Bonchev–Trinajstić information content (AvgIpc) is 2.83. The third kappa shape index (κ3) is 2.63. The molecule has 19 heavy (non-hydrogen) atoms. The standard InChI is InChI=1S/C16H24N2O/c1-17-12-16(7-10-19-11-8-16)13-18-9-6-14-4-2-3-5-15(14)18/h2-5,17H,6-13H2,1H3. The molecule has 2 heterocycles. The zero-order chi connectivity index (χ0) is 13.1. The summed E-state index contributed by atoms with van der Waals surface area (Å²) in [4.78, 5) is 2.58. The van der Waals surface area contributed by atoms with Crippen LogP contribution >= 0.6 is 0 Å². The van der Waals surface area contributed by atoms with Gasteiger partial charge in [0.25, 0.3) is 0 Å². The Labute approximate surface area is 115 Å². The van der Waals surface area contributed by atoms with Crippen LogP contribution < -0.4 is 10.2 Å². The zero-order valence-electron chi connectivity index (χ0n) is 11.8. The second-order valence-corrected chi connectivity index (χ2v) is 5.94. The molecule has 0 saturated carbocycles. The van der Waals surface area contributed by atoms with Gasteiger partial charge in [0.1, 0.15) is 0 Å². The minimum Gasteiger partial charge on any atom is -0.381 e. The first-order valence-electron chi connectivity index (χ1n) is 7.38.